The average Bonchev–Trinajstić information content (AvgIpc) is 2.97. The quantitative estimate of drug-likeness (QED) is 0.219. The van der Waals surface area contributed by atoms with Gasteiger partial charge in [0.2, 0.25) is 0 Å². The number of pyridine rings is 2. The predicted molar refractivity (Wildman–Crippen MR) is 144 cm³/mol. The summed E-state index contributed by atoms with van der Waals surface area (Å²) in [6.07, 6.45) is -2.72. The van der Waals surface area contributed by atoms with Gasteiger partial charge in [0, 0.05) is 18.3 Å². The Labute approximate surface area is 231 Å². The van der Waals surface area contributed by atoms with Crippen LogP contribution in [-0.2, 0) is 23.9 Å². The molecule has 5 aromatic rings. The third kappa shape index (κ3) is 5.65. The number of amides is 1. The van der Waals surface area contributed by atoms with Crippen molar-refractivity contribution in [1.29, 1.82) is 0 Å². The standard InChI is InChI=1S/C30H23F3N4O4/c1-2-41-29(40)23-18-22-25(34-24-13-6-7-15-36(24)28(22)39)37(16-14-19-9-4-3-5-10-19)26(23)35-27(38)20-11-8-12-21(17-20)30(31,32)33/h3-13,15,17-18H,2,14,16H2,1H3. The molecule has 0 fully saturated rings. The zero-order chi connectivity index (χ0) is 29.1. The van der Waals surface area contributed by atoms with Crippen molar-refractivity contribution in [3.63, 3.8) is 0 Å². The highest BCUT2D eigenvalue weighted by molar-refractivity contribution is 5.97. The largest absolute Gasteiger partial charge is 0.462 e. The van der Waals surface area contributed by atoms with E-state index in [2.05, 4.69) is 9.98 Å². The summed E-state index contributed by atoms with van der Waals surface area (Å²) in [6.45, 7) is 1.73. The van der Waals surface area contributed by atoms with Gasteiger partial charge in [0.15, 0.2) is 5.49 Å². The van der Waals surface area contributed by atoms with Crippen LogP contribution in [0.1, 0.15) is 38.8 Å². The number of halogens is 3. The zero-order valence-electron chi connectivity index (χ0n) is 21.8. The number of nitrogens with zero attached hydrogens (tertiary/aromatic N) is 4. The van der Waals surface area contributed by atoms with Crippen LogP contribution in [0.3, 0.4) is 0 Å². The van der Waals surface area contributed by atoms with Crippen LogP contribution in [0.25, 0.3) is 16.7 Å². The van der Waals surface area contributed by atoms with Crippen molar-refractivity contribution < 1.29 is 27.5 Å². The molecule has 0 radical (unpaired) electrons. The lowest BCUT2D eigenvalue weighted by Crippen LogP contribution is -2.33. The minimum absolute atomic E-state index is 0.00312. The molecule has 1 amide bonds. The Morgan fingerprint density at radius 1 is 0.976 bits per heavy atom. The molecule has 0 spiro atoms. The van der Waals surface area contributed by atoms with Crippen LogP contribution in [0.2, 0.25) is 0 Å². The molecule has 41 heavy (non-hydrogen) atoms. The van der Waals surface area contributed by atoms with Crippen LogP contribution >= 0.6 is 0 Å². The summed E-state index contributed by atoms with van der Waals surface area (Å²) >= 11 is 0. The van der Waals surface area contributed by atoms with Gasteiger partial charge in [0.05, 0.1) is 17.6 Å². The number of ether oxygens (including phenoxy) is 1. The number of alkyl halides is 3. The highest BCUT2D eigenvalue weighted by atomic mass is 19.4. The maximum absolute atomic E-state index is 13.5. The van der Waals surface area contributed by atoms with Gasteiger partial charge in [-0.1, -0.05) is 42.5 Å². The third-order valence-corrected chi connectivity index (χ3v) is 6.40. The second-order valence-electron chi connectivity index (χ2n) is 9.07. The fraction of sp³-hybridized carbons (Fsp3) is 0.167. The maximum Gasteiger partial charge on any atom is 0.416 e. The first-order valence-electron chi connectivity index (χ1n) is 12.7. The summed E-state index contributed by atoms with van der Waals surface area (Å²) in [5.41, 5.74) is -0.776. The summed E-state index contributed by atoms with van der Waals surface area (Å²) in [6, 6.07) is 19.5. The van der Waals surface area contributed by atoms with Gasteiger partial charge >= 0.3 is 12.1 Å². The van der Waals surface area contributed by atoms with E-state index in [9.17, 15) is 27.6 Å². The van der Waals surface area contributed by atoms with Crippen molar-refractivity contribution in [1.82, 2.24) is 14.0 Å². The molecular weight excluding hydrogens is 537 g/mol. The molecule has 0 aliphatic rings. The summed E-state index contributed by atoms with van der Waals surface area (Å²) in [5.74, 6) is -1.86. The first kappa shape index (κ1) is 27.5. The fourth-order valence-corrected chi connectivity index (χ4v) is 4.44. The Bertz CT molecular complexity index is 1910. The van der Waals surface area contributed by atoms with E-state index >= 15 is 0 Å². The number of carbonyl (C=O) groups is 2. The van der Waals surface area contributed by atoms with Crippen molar-refractivity contribution in [2.75, 3.05) is 6.61 Å². The van der Waals surface area contributed by atoms with Gasteiger partial charge in [-0.2, -0.15) is 18.2 Å². The van der Waals surface area contributed by atoms with Crippen LogP contribution < -0.4 is 11.0 Å². The van der Waals surface area contributed by atoms with E-state index in [-0.39, 0.29) is 40.8 Å². The number of esters is 1. The van der Waals surface area contributed by atoms with Crippen molar-refractivity contribution in [3.8, 4) is 0 Å². The third-order valence-electron chi connectivity index (χ3n) is 6.40. The molecule has 0 saturated carbocycles. The summed E-state index contributed by atoms with van der Waals surface area (Å²) in [5, 5.41) is 0.0790. The molecule has 0 aliphatic heterocycles. The van der Waals surface area contributed by atoms with E-state index in [0.717, 1.165) is 17.7 Å². The fourth-order valence-electron chi connectivity index (χ4n) is 4.44. The van der Waals surface area contributed by atoms with Gasteiger partial charge in [-0.15, -0.1) is 0 Å². The van der Waals surface area contributed by atoms with Crippen LogP contribution in [-0.4, -0.2) is 32.4 Å². The summed E-state index contributed by atoms with van der Waals surface area (Å²) in [7, 11) is 0. The molecule has 2 aromatic carbocycles. The first-order chi connectivity index (χ1) is 19.7. The molecule has 0 saturated heterocycles. The summed E-state index contributed by atoms with van der Waals surface area (Å²) in [4.78, 5) is 48.7. The Kier molecular flexibility index (Phi) is 7.52. The zero-order valence-corrected chi connectivity index (χ0v) is 21.8. The Balaban J connectivity index is 1.81. The van der Waals surface area contributed by atoms with Crippen LogP contribution in [0.5, 0.6) is 0 Å². The lowest BCUT2D eigenvalue weighted by atomic mass is 10.1. The van der Waals surface area contributed by atoms with Gasteiger partial charge in [-0.3, -0.25) is 14.0 Å². The highest BCUT2D eigenvalue weighted by Crippen LogP contribution is 2.29. The molecule has 0 unspecified atom stereocenters. The molecule has 3 heterocycles. The van der Waals surface area contributed by atoms with E-state index in [4.69, 9.17) is 4.74 Å². The molecule has 8 nitrogen and oxygen atoms in total. The number of hydrogen-bond acceptors (Lipinski definition) is 5. The number of aryl methyl sites for hydroxylation is 2. The van der Waals surface area contributed by atoms with Gasteiger partial charge in [0.1, 0.15) is 16.9 Å². The SMILES string of the molecule is CCOC(=O)c1cc2c(=O)n3ccccc3nc2n(CCc2ccccc2)c1=NC(=O)c1cccc(C(F)(F)F)c1. The van der Waals surface area contributed by atoms with Crippen molar-refractivity contribution in [3.05, 3.63) is 123 Å². The van der Waals surface area contributed by atoms with Crippen molar-refractivity contribution in [2.45, 2.75) is 26.1 Å². The smallest absolute Gasteiger partial charge is 0.416 e. The topological polar surface area (TPSA) is 95.0 Å². The monoisotopic (exact) mass is 560 g/mol. The molecule has 0 atom stereocenters. The van der Waals surface area contributed by atoms with Gasteiger partial charge in [-0.25, -0.2) is 9.78 Å². The second kappa shape index (κ2) is 11.2. The second-order valence-corrected chi connectivity index (χ2v) is 9.07. The number of carbonyl (C=O) groups excluding carboxylic acids is 2. The molecule has 5 rings (SSSR count). The van der Waals surface area contributed by atoms with Gasteiger partial charge in [-0.05, 0) is 55.3 Å². The minimum Gasteiger partial charge on any atom is -0.462 e. The number of fused-ring (bicyclic) bond motifs is 2. The van der Waals surface area contributed by atoms with Crippen LogP contribution in [0.15, 0.2) is 94.8 Å². The normalized spacial score (nSPS) is 12.1. The first-order valence-corrected chi connectivity index (χ1v) is 12.7. The van der Waals surface area contributed by atoms with Gasteiger partial charge < -0.3 is 9.30 Å². The predicted octanol–water partition coefficient (Wildman–Crippen LogP) is 4.83. The molecule has 0 aliphatic carbocycles. The Morgan fingerprint density at radius 3 is 2.46 bits per heavy atom. The highest BCUT2D eigenvalue weighted by Gasteiger charge is 2.31. The molecule has 3 aromatic heterocycles. The van der Waals surface area contributed by atoms with Crippen LogP contribution in [0.4, 0.5) is 13.2 Å². The molecular formula is C30H23F3N4O4. The number of benzene rings is 2. The number of hydrogen-bond donors (Lipinski definition) is 0. The van der Waals surface area contributed by atoms with E-state index in [1.807, 2.05) is 30.3 Å². The molecule has 0 bridgehead atoms. The molecule has 11 heteroatoms. The molecule has 208 valence electrons. The van der Waals surface area contributed by atoms with E-state index in [1.165, 1.54) is 27.3 Å². The Hall–Kier alpha value is -5.06. The Morgan fingerprint density at radius 2 is 1.73 bits per heavy atom. The van der Waals surface area contributed by atoms with E-state index in [0.29, 0.717) is 18.1 Å². The number of rotatable bonds is 6. The summed E-state index contributed by atoms with van der Waals surface area (Å²) < 4.78 is 48.0. The lowest BCUT2D eigenvalue weighted by molar-refractivity contribution is -0.137. The lowest BCUT2D eigenvalue weighted by Gasteiger charge is -2.15. The maximum atomic E-state index is 13.5. The van der Waals surface area contributed by atoms with Crippen molar-refractivity contribution >= 4 is 28.6 Å². The van der Waals surface area contributed by atoms with E-state index < -0.39 is 29.2 Å². The van der Waals surface area contributed by atoms with E-state index in [1.54, 1.807) is 25.1 Å². The average molecular weight is 561 g/mol. The number of aromatic nitrogens is 3. The minimum atomic E-state index is -4.67. The van der Waals surface area contributed by atoms with Crippen molar-refractivity contribution in [2.24, 2.45) is 4.99 Å². The molecule has 0 N–H and O–H groups in total. The van der Waals surface area contributed by atoms with Crippen LogP contribution in [0, 0.1) is 0 Å². The van der Waals surface area contributed by atoms with Gasteiger partial charge in [0.25, 0.3) is 11.5 Å².